The van der Waals surface area contributed by atoms with Gasteiger partial charge in [-0.25, -0.2) is 0 Å². The van der Waals surface area contributed by atoms with Gasteiger partial charge >= 0.3 is 0 Å². The molecule has 0 spiro atoms. The van der Waals surface area contributed by atoms with Crippen molar-refractivity contribution in [3.63, 3.8) is 0 Å². The predicted octanol–water partition coefficient (Wildman–Crippen LogP) is 2.44. The molecule has 1 fully saturated rings. The zero-order valence-corrected chi connectivity index (χ0v) is 11.9. The SMILES string of the molecule is C#CCOc1ccc(CN2CCCC2CCCO)cc1. The highest BCUT2D eigenvalue weighted by Gasteiger charge is 2.23. The van der Waals surface area contributed by atoms with Crippen LogP contribution < -0.4 is 4.74 Å². The minimum atomic E-state index is 0.297. The fraction of sp³-hybridized carbons (Fsp3) is 0.529. The van der Waals surface area contributed by atoms with Crippen LogP contribution in [0.25, 0.3) is 0 Å². The van der Waals surface area contributed by atoms with Crippen molar-refractivity contribution in [1.82, 2.24) is 4.90 Å². The summed E-state index contributed by atoms with van der Waals surface area (Å²) < 4.78 is 5.38. The minimum absolute atomic E-state index is 0.297. The third kappa shape index (κ3) is 4.26. The fourth-order valence-corrected chi connectivity index (χ4v) is 2.81. The molecule has 0 radical (unpaired) electrons. The number of aliphatic hydroxyl groups excluding tert-OH is 1. The largest absolute Gasteiger partial charge is 0.481 e. The first-order valence-corrected chi connectivity index (χ1v) is 7.33. The van der Waals surface area contributed by atoms with Gasteiger partial charge in [0, 0.05) is 19.2 Å². The molecule has 1 aromatic rings. The Balaban J connectivity index is 1.87. The van der Waals surface area contributed by atoms with E-state index < -0.39 is 0 Å². The summed E-state index contributed by atoms with van der Waals surface area (Å²) in [6, 6.07) is 8.79. The second-order valence-corrected chi connectivity index (χ2v) is 5.27. The van der Waals surface area contributed by atoms with Crippen molar-refractivity contribution in [1.29, 1.82) is 0 Å². The van der Waals surface area contributed by atoms with E-state index in [9.17, 15) is 0 Å². The van der Waals surface area contributed by atoms with Crippen LogP contribution in [0.5, 0.6) is 5.75 Å². The van der Waals surface area contributed by atoms with E-state index >= 15 is 0 Å². The van der Waals surface area contributed by atoms with Crippen molar-refractivity contribution in [3.8, 4) is 18.1 Å². The van der Waals surface area contributed by atoms with E-state index in [1.807, 2.05) is 12.1 Å². The Hall–Kier alpha value is -1.50. The van der Waals surface area contributed by atoms with Crippen LogP contribution in [0.2, 0.25) is 0 Å². The van der Waals surface area contributed by atoms with Gasteiger partial charge in [-0.2, -0.15) is 0 Å². The maximum Gasteiger partial charge on any atom is 0.148 e. The maximum atomic E-state index is 8.96. The zero-order chi connectivity index (χ0) is 14.2. The molecule has 1 N–H and O–H groups in total. The number of rotatable bonds is 7. The van der Waals surface area contributed by atoms with Gasteiger partial charge in [0.05, 0.1) is 0 Å². The highest BCUT2D eigenvalue weighted by Crippen LogP contribution is 2.24. The van der Waals surface area contributed by atoms with E-state index in [2.05, 4.69) is 23.0 Å². The van der Waals surface area contributed by atoms with Gasteiger partial charge in [0.2, 0.25) is 0 Å². The van der Waals surface area contributed by atoms with E-state index in [4.69, 9.17) is 16.3 Å². The van der Waals surface area contributed by atoms with Crippen LogP contribution in [0.15, 0.2) is 24.3 Å². The second-order valence-electron chi connectivity index (χ2n) is 5.27. The number of hydrogen-bond donors (Lipinski definition) is 1. The number of terminal acetylenes is 1. The van der Waals surface area contributed by atoms with Gasteiger partial charge in [-0.1, -0.05) is 18.1 Å². The van der Waals surface area contributed by atoms with Crippen molar-refractivity contribution < 1.29 is 9.84 Å². The van der Waals surface area contributed by atoms with E-state index in [-0.39, 0.29) is 0 Å². The van der Waals surface area contributed by atoms with Crippen molar-refractivity contribution in [3.05, 3.63) is 29.8 Å². The van der Waals surface area contributed by atoms with E-state index in [0.29, 0.717) is 19.3 Å². The molecule has 0 saturated carbocycles. The average molecular weight is 273 g/mol. The molecule has 1 unspecified atom stereocenters. The van der Waals surface area contributed by atoms with Gasteiger partial charge in [0.15, 0.2) is 0 Å². The standard InChI is InChI=1S/C17H23NO2/c1-2-13-20-17-9-7-15(8-10-17)14-18-11-3-5-16(18)6-4-12-19/h1,7-10,16,19H,3-6,11-14H2. The van der Waals surface area contributed by atoms with Crippen LogP contribution in [0, 0.1) is 12.3 Å². The smallest absolute Gasteiger partial charge is 0.148 e. The first-order valence-electron chi connectivity index (χ1n) is 7.33. The van der Waals surface area contributed by atoms with Gasteiger partial charge in [0.25, 0.3) is 0 Å². The molecule has 0 amide bonds. The molecule has 3 heteroatoms. The molecule has 1 aliphatic rings. The highest BCUT2D eigenvalue weighted by atomic mass is 16.5. The average Bonchev–Trinajstić information content (AvgIpc) is 2.91. The maximum absolute atomic E-state index is 8.96. The number of nitrogens with zero attached hydrogens (tertiary/aromatic N) is 1. The molecule has 1 saturated heterocycles. The van der Waals surface area contributed by atoms with Crippen LogP contribution in [0.3, 0.4) is 0 Å². The molecule has 1 atom stereocenters. The molecule has 1 aromatic carbocycles. The fourth-order valence-electron chi connectivity index (χ4n) is 2.81. The molecule has 108 valence electrons. The van der Waals surface area contributed by atoms with Gasteiger partial charge in [-0.3, -0.25) is 4.90 Å². The molecule has 3 nitrogen and oxygen atoms in total. The lowest BCUT2D eigenvalue weighted by Gasteiger charge is -2.24. The summed E-state index contributed by atoms with van der Waals surface area (Å²) in [5, 5.41) is 8.96. The summed E-state index contributed by atoms with van der Waals surface area (Å²) in [6.07, 6.45) is 9.69. The Labute approximate surface area is 121 Å². The van der Waals surface area contributed by atoms with Crippen LogP contribution in [-0.4, -0.2) is 35.8 Å². The summed E-state index contributed by atoms with van der Waals surface area (Å²) in [4.78, 5) is 2.52. The number of hydrogen-bond acceptors (Lipinski definition) is 3. The predicted molar refractivity (Wildman–Crippen MR) is 80.5 cm³/mol. The van der Waals surface area contributed by atoms with Crippen LogP contribution >= 0.6 is 0 Å². The minimum Gasteiger partial charge on any atom is -0.481 e. The van der Waals surface area contributed by atoms with Gasteiger partial charge in [0.1, 0.15) is 12.4 Å². The number of aliphatic hydroxyl groups is 1. The lowest BCUT2D eigenvalue weighted by atomic mass is 10.1. The van der Waals surface area contributed by atoms with Gasteiger partial charge in [-0.15, -0.1) is 6.42 Å². The molecule has 0 aliphatic carbocycles. The van der Waals surface area contributed by atoms with Crippen LogP contribution in [0.1, 0.15) is 31.2 Å². The molecule has 20 heavy (non-hydrogen) atoms. The van der Waals surface area contributed by atoms with E-state index in [0.717, 1.165) is 31.7 Å². The lowest BCUT2D eigenvalue weighted by molar-refractivity contribution is 0.210. The molecular formula is C17H23NO2. The van der Waals surface area contributed by atoms with Gasteiger partial charge < -0.3 is 9.84 Å². The van der Waals surface area contributed by atoms with Crippen LogP contribution in [0.4, 0.5) is 0 Å². The summed E-state index contributed by atoms with van der Waals surface area (Å²) in [5.74, 6) is 3.29. The summed E-state index contributed by atoms with van der Waals surface area (Å²) in [7, 11) is 0. The first kappa shape index (κ1) is 14.9. The molecular weight excluding hydrogens is 250 g/mol. The number of benzene rings is 1. The molecule has 1 aliphatic heterocycles. The van der Waals surface area contributed by atoms with Gasteiger partial charge in [-0.05, 0) is 49.9 Å². The third-order valence-corrected chi connectivity index (χ3v) is 3.83. The molecule has 1 heterocycles. The van der Waals surface area contributed by atoms with Crippen molar-refractivity contribution in [2.24, 2.45) is 0 Å². The molecule has 0 bridgehead atoms. The van der Waals surface area contributed by atoms with Crippen molar-refractivity contribution >= 4 is 0 Å². The molecule has 2 rings (SSSR count). The first-order chi connectivity index (χ1) is 9.83. The van der Waals surface area contributed by atoms with E-state index in [1.54, 1.807) is 0 Å². The van der Waals surface area contributed by atoms with Crippen LogP contribution in [-0.2, 0) is 6.54 Å². The Morgan fingerprint density at radius 3 is 2.85 bits per heavy atom. The number of likely N-dealkylation sites (tertiary alicyclic amines) is 1. The summed E-state index contributed by atoms with van der Waals surface area (Å²) in [6.45, 7) is 2.75. The normalized spacial score (nSPS) is 18.9. The topological polar surface area (TPSA) is 32.7 Å². The van der Waals surface area contributed by atoms with E-state index in [1.165, 1.54) is 18.4 Å². The summed E-state index contributed by atoms with van der Waals surface area (Å²) >= 11 is 0. The second kappa shape index (κ2) is 7.94. The third-order valence-electron chi connectivity index (χ3n) is 3.83. The van der Waals surface area contributed by atoms with Crippen molar-refractivity contribution in [2.45, 2.75) is 38.3 Å². The Bertz CT molecular complexity index is 435. The highest BCUT2D eigenvalue weighted by molar-refractivity contribution is 5.27. The lowest BCUT2D eigenvalue weighted by Crippen LogP contribution is -2.29. The number of ether oxygens (including phenoxy) is 1. The quantitative estimate of drug-likeness (QED) is 0.775. The Morgan fingerprint density at radius 1 is 1.35 bits per heavy atom. The Morgan fingerprint density at radius 2 is 2.15 bits per heavy atom. The Kier molecular flexibility index (Phi) is 5.91. The summed E-state index contributed by atoms with van der Waals surface area (Å²) in [5.41, 5.74) is 1.30. The monoisotopic (exact) mass is 273 g/mol. The molecule has 0 aromatic heterocycles. The zero-order valence-electron chi connectivity index (χ0n) is 11.9. The van der Waals surface area contributed by atoms with Crippen molar-refractivity contribution in [2.75, 3.05) is 19.8 Å².